The van der Waals surface area contributed by atoms with Crippen LogP contribution in [0.15, 0.2) is 42.7 Å². The summed E-state index contributed by atoms with van der Waals surface area (Å²) >= 11 is 1.25. The van der Waals surface area contributed by atoms with E-state index in [9.17, 15) is 14.4 Å². The molecule has 0 aliphatic carbocycles. The first-order valence-electron chi connectivity index (χ1n) is 9.92. The molecule has 10 heteroatoms. The molecule has 0 bridgehead atoms. The Balaban J connectivity index is 1.50. The molecule has 1 aromatic carbocycles. The number of carbonyl (C=O) groups is 3. The number of pyridine rings is 1. The van der Waals surface area contributed by atoms with Crippen LogP contribution in [0.5, 0.6) is 11.5 Å². The molecular weight excluding hydrogens is 448 g/mol. The number of carbonyl (C=O) groups excluding carboxylic acids is 3. The fourth-order valence-electron chi connectivity index (χ4n) is 3.32. The van der Waals surface area contributed by atoms with Gasteiger partial charge in [0.15, 0.2) is 18.1 Å². The minimum Gasteiger partial charge on any atom is -0.465 e. The third-order valence-corrected chi connectivity index (χ3v) is 5.98. The second-order valence-corrected chi connectivity index (χ2v) is 8.28. The molecule has 0 spiro atoms. The number of nitrogens with zero attached hydrogens (tertiary/aromatic N) is 1. The summed E-state index contributed by atoms with van der Waals surface area (Å²) in [7, 11) is 1.28. The summed E-state index contributed by atoms with van der Waals surface area (Å²) in [6, 6.07) is 8.54. The Hall–Kier alpha value is -3.92. The van der Waals surface area contributed by atoms with Gasteiger partial charge < -0.3 is 24.3 Å². The zero-order chi connectivity index (χ0) is 23.4. The number of fused-ring (bicyclic) bond motifs is 1. The summed E-state index contributed by atoms with van der Waals surface area (Å²) < 4.78 is 20.8. The van der Waals surface area contributed by atoms with Gasteiger partial charge in [0.2, 0.25) is 6.79 Å². The van der Waals surface area contributed by atoms with Crippen molar-refractivity contribution in [2.75, 3.05) is 25.8 Å². The average molecular weight is 468 g/mol. The molecule has 1 aliphatic heterocycles. The van der Waals surface area contributed by atoms with Crippen LogP contribution in [0.4, 0.5) is 5.00 Å². The van der Waals surface area contributed by atoms with Crippen molar-refractivity contribution in [2.24, 2.45) is 0 Å². The van der Waals surface area contributed by atoms with Crippen LogP contribution >= 0.6 is 11.3 Å². The molecule has 1 N–H and O–H groups in total. The second-order valence-electron chi connectivity index (χ2n) is 7.06. The molecule has 1 aliphatic rings. The number of thiophene rings is 1. The lowest BCUT2D eigenvalue weighted by Crippen LogP contribution is -2.21. The summed E-state index contributed by atoms with van der Waals surface area (Å²) in [5.74, 6) is -0.475. The molecule has 0 saturated carbocycles. The highest BCUT2D eigenvalue weighted by Crippen LogP contribution is 2.37. The van der Waals surface area contributed by atoms with Gasteiger partial charge in [-0.15, -0.1) is 11.3 Å². The number of rotatable bonds is 7. The van der Waals surface area contributed by atoms with Crippen molar-refractivity contribution in [3.05, 3.63) is 69.9 Å². The van der Waals surface area contributed by atoms with Crippen LogP contribution in [0.1, 0.15) is 36.7 Å². The van der Waals surface area contributed by atoms with Gasteiger partial charge in [-0.3, -0.25) is 9.78 Å². The SMILES string of the molecule is COC(=O)c1c(NC(=O)COC(=O)c2ccncc2)sc(C)c1Cc1ccc2c(c1)OCO2. The fourth-order valence-corrected chi connectivity index (χ4v) is 4.39. The van der Waals surface area contributed by atoms with Crippen LogP contribution in [0, 0.1) is 6.92 Å². The van der Waals surface area contributed by atoms with E-state index in [1.165, 1.54) is 43.0 Å². The predicted molar refractivity (Wildman–Crippen MR) is 119 cm³/mol. The largest absolute Gasteiger partial charge is 0.465 e. The highest BCUT2D eigenvalue weighted by Gasteiger charge is 2.25. The van der Waals surface area contributed by atoms with Crippen LogP contribution in [0.2, 0.25) is 0 Å². The third-order valence-electron chi connectivity index (χ3n) is 4.92. The molecular formula is C23H20N2O7S. The highest BCUT2D eigenvalue weighted by molar-refractivity contribution is 7.16. The van der Waals surface area contributed by atoms with Crippen LogP contribution in [-0.2, 0) is 20.7 Å². The number of aryl methyl sites for hydroxylation is 1. The monoisotopic (exact) mass is 468 g/mol. The Morgan fingerprint density at radius 1 is 1.09 bits per heavy atom. The summed E-state index contributed by atoms with van der Waals surface area (Å²) in [5.41, 5.74) is 2.20. The van der Waals surface area contributed by atoms with E-state index in [0.717, 1.165) is 16.0 Å². The van der Waals surface area contributed by atoms with Gasteiger partial charge in [-0.25, -0.2) is 9.59 Å². The maximum atomic E-state index is 12.6. The standard InChI is InChI=1S/C23H20N2O7S/c1-13-16(9-14-3-4-17-18(10-14)32-12-31-17)20(23(28)29-2)21(33-13)25-19(26)11-30-22(27)15-5-7-24-8-6-15/h3-8,10H,9,11-12H2,1-2H3,(H,25,26). The number of esters is 2. The van der Waals surface area contributed by atoms with Crippen LogP contribution in [-0.4, -0.2) is 43.3 Å². The van der Waals surface area contributed by atoms with Crippen molar-refractivity contribution in [3.63, 3.8) is 0 Å². The normalized spacial score (nSPS) is 11.7. The molecule has 0 saturated heterocycles. The number of hydrogen-bond acceptors (Lipinski definition) is 9. The number of nitrogens with one attached hydrogen (secondary N) is 1. The van der Waals surface area contributed by atoms with Crippen LogP contribution in [0.3, 0.4) is 0 Å². The smallest absolute Gasteiger partial charge is 0.341 e. The molecule has 33 heavy (non-hydrogen) atoms. The lowest BCUT2D eigenvalue weighted by Gasteiger charge is -2.09. The number of amides is 1. The van der Waals surface area contributed by atoms with Crippen molar-refractivity contribution in [1.29, 1.82) is 0 Å². The molecule has 0 radical (unpaired) electrons. The average Bonchev–Trinajstić information content (AvgIpc) is 3.41. The second kappa shape index (κ2) is 9.70. The topological polar surface area (TPSA) is 113 Å². The molecule has 0 atom stereocenters. The number of ether oxygens (including phenoxy) is 4. The third kappa shape index (κ3) is 4.96. The molecule has 2 aromatic heterocycles. The van der Waals surface area contributed by atoms with E-state index in [1.807, 2.05) is 25.1 Å². The summed E-state index contributed by atoms with van der Waals surface area (Å²) in [6.07, 6.45) is 3.33. The predicted octanol–water partition coefficient (Wildman–Crippen LogP) is 3.35. The summed E-state index contributed by atoms with van der Waals surface area (Å²) in [5, 5.41) is 3.00. The van der Waals surface area contributed by atoms with Crippen molar-refractivity contribution >= 4 is 34.2 Å². The Kier molecular flexibility index (Phi) is 6.55. The van der Waals surface area contributed by atoms with E-state index in [2.05, 4.69) is 10.3 Å². The van der Waals surface area contributed by atoms with Gasteiger partial charge in [-0.05, 0) is 48.7 Å². The van der Waals surface area contributed by atoms with E-state index in [-0.39, 0.29) is 17.9 Å². The van der Waals surface area contributed by atoms with Crippen LogP contribution in [0.25, 0.3) is 0 Å². The van der Waals surface area contributed by atoms with E-state index in [1.54, 1.807) is 0 Å². The lowest BCUT2D eigenvalue weighted by molar-refractivity contribution is -0.119. The number of hydrogen-bond donors (Lipinski definition) is 1. The van der Waals surface area contributed by atoms with Gasteiger partial charge in [0.25, 0.3) is 5.91 Å². The first kappa shape index (κ1) is 22.3. The zero-order valence-corrected chi connectivity index (χ0v) is 18.7. The maximum absolute atomic E-state index is 12.6. The van der Waals surface area contributed by atoms with Crippen molar-refractivity contribution < 1.29 is 33.3 Å². The number of aromatic nitrogens is 1. The maximum Gasteiger partial charge on any atom is 0.341 e. The minimum atomic E-state index is -0.647. The van der Waals surface area contributed by atoms with E-state index in [0.29, 0.717) is 22.9 Å². The summed E-state index contributed by atoms with van der Waals surface area (Å²) in [4.78, 5) is 41.7. The molecule has 0 unspecified atom stereocenters. The van der Waals surface area contributed by atoms with Crippen molar-refractivity contribution in [1.82, 2.24) is 4.98 Å². The fraction of sp³-hybridized carbons (Fsp3) is 0.217. The molecule has 170 valence electrons. The number of anilines is 1. The van der Waals surface area contributed by atoms with Crippen molar-refractivity contribution in [2.45, 2.75) is 13.3 Å². The van der Waals surface area contributed by atoms with E-state index < -0.39 is 24.5 Å². The Labute approximate surface area is 193 Å². The minimum absolute atomic E-state index is 0.172. The number of methoxy groups -OCH3 is 1. The van der Waals surface area contributed by atoms with Gasteiger partial charge in [0, 0.05) is 17.3 Å². The van der Waals surface area contributed by atoms with Gasteiger partial charge in [0.05, 0.1) is 18.2 Å². The van der Waals surface area contributed by atoms with Gasteiger partial charge in [0.1, 0.15) is 5.00 Å². The molecule has 3 heterocycles. The van der Waals surface area contributed by atoms with Gasteiger partial charge >= 0.3 is 11.9 Å². The van der Waals surface area contributed by atoms with E-state index >= 15 is 0 Å². The van der Waals surface area contributed by atoms with Crippen molar-refractivity contribution in [3.8, 4) is 11.5 Å². The van der Waals surface area contributed by atoms with E-state index in [4.69, 9.17) is 18.9 Å². The zero-order valence-electron chi connectivity index (χ0n) is 17.9. The molecule has 9 nitrogen and oxygen atoms in total. The first-order valence-corrected chi connectivity index (χ1v) is 10.7. The van der Waals surface area contributed by atoms with Gasteiger partial charge in [-0.1, -0.05) is 6.07 Å². The number of benzene rings is 1. The Morgan fingerprint density at radius 2 is 1.85 bits per heavy atom. The quantitative estimate of drug-likeness (QED) is 0.525. The Bertz CT molecular complexity index is 1210. The molecule has 0 fully saturated rings. The summed E-state index contributed by atoms with van der Waals surface area (Å²) in [6.45, 7) is 1.53. The highest BCUT2D eigenvalue weighted by atomic mass is 32.1. The van der Waals surface area contributed by atoms with Gasteiger partial charge in [-0.2, -0.15) is 0 Å². The molecule has 4 rings (SSSR count). The lowest BCUT2D eigenvalue weighted by atomic mass is 10.0. The van der Waals surface area contributed by atoms with Crippen LogP contribution < -0.4 is 14.8 Å². The molecule has 1 amide bonds. The first-order chi connectivity index (χ1) is 16.0. The molecule has 3 aromatic rings. The Morgan fingerprint density at radius 3 is 2.61 bits per heavy atom.